The van der Waals surface area contributed by atoms with Gasteiger partial charge in [-0.15, -0.1) is 11.3 Å². The van der Waals surface area contributed by atoms with Crippen LogP contribution in [0.15, 0.2) is 41.3 Å². The van der Waals surface area contributed by atoms with Crippen molar-refractivity contribution >= 4 is 28.8 Å². The Kier molecular flexibility index (Phi) is 7.51. The summed E-state index contributed by atoms with van der Waals surface area (Å²) in [7, 11) is 0. The molecule has 3 rings (SSSR count). The third-order valence-electron chi connectivity index (χ3n) is 5.68. The van der Waals surface area contributed by atoms with Crippen molar-refractivity contribution in [1.82, 2.24) is 9.80 Å². The van der Waals surface area contributed by atoms with E-state index >= 15 is 0 Å². The topological polar surface area (TPSA) is 70.1 Å². The minimum absolute atomic E-state index is 0.149. The zero-order valence-electron chi connectivity index (χ0n) is 18.6. The van der Waals surface area contributed by atoms with Crippen LogP contribution in [0.4, 0.5) is 0 Å². The molecule has 7 heteroatoms. The summed E-state index contributed by atoms with van der Waals surface area (Å²) in [4.78, 5) is 30.8. The van der Waals surface area contributed by atoms with Gasteiger partial charge in [0.2, 0.25) is 0 Å². The summed E-state index contributed by atoms with van der Waals surface area (Å²) < 4.78 is 5.46. The van der Waals surface area contributed by atoms with Gasteiger partial charge in [0.25, 0.3) is 11.7 Å². The monoisotopic (exact) mass is 442 g/mol. The number of benzene rings is 1. The SMILES string of the molecule is CCOc1ccc(/C(O)=C2/C(=O)C(=O)N(CCN(CC)CC)C2c2sccc2C)cc1. The van der Waals surface area contributed by atoms with Gasteiger partial charge in [-0.1, -0.05) is 13.8 Å². The second-order valence-corrected chi connectivity index (χ2v) is 8.39. The number of rotatable bonds is 9. The highest BCUT2D eigenvalue weighted by molar-refractivity contribution is 7.10. The molecule has 1 aromatic carbocycles. The van der Waals surface area contributed by atoms with E-state index in [9.17, 15) is 14.7 Å². The molecule has 0 bridgehead atoms. The fraction of sp³-hybridized carbons (Fsp3) is 0.417. The minimum Gasteiger partial charge on any atom is -0.507 e. The van der Waals surface area contributed by atoms with E-state index in [4.69, 9.17) is 4.74 Å². The lowest BCUT2D eigenvalue weighted by atomic mass is 9.98. The Bertz CT molecular complexity index is 960. The van der Waals surface area contributed by atoms with Gasteiger partial charge in [-0.2, -0.15) is 0 Å². The summed E-state index contributed by atoms with van der Waals surface area (Å²) in [5, 5.41) is 13.1. The van der Waals surface area contributed by atoms with Crippen molar-refractivity contribution in [2.24, 2.45) is 0 Å². The summed E-state index contributed by atoms with van der Waals surface area (Å²) in [6.45, 7) is 11.4. The largest absolute Gasteiger partial charge is 0.507 e. The highest BCUT2D eigenvalue weighted by atomic mass is 32.1. The number of aliphatic hydroxyl groups excluding tert-OH is 1. The number of amides is 1. The van der Waals surface area contributed by atoms with Crippen LogP contribution in [0.25, 0.3) is 5.76 Å². The van der Waals surface area contributed by atoms with Crippen molar-refractivity contribution in [3.05, 3.63) is 57.3 Å². The lowest BCUT2D eigenvalue weighted by Gasteiger charge is -2.27. The van der Waals surface area contributed by atoms with E-state index in [2.05, 4.69) is 18.7 Å². The molecule has 2 heterocycles. The van der Waals surface area contributed by atoms with Crippen molar-refractivity contribution in [3.8, 4) is 5.75 Å². The first kappa shape index (κ1) is 23.0. The lowest BCUT2D eigenvalue weighted by molar-refractivity contribution is -0.140. The summed E-state index contributed by atoms with van der Waals surface area (Å²) in [5.41, 5.74) is 1.64. The molecule has 0 saturated carbocycles. The normalized spacial score (nSPS) is 18.2. The number of carbonyl (C=O) groups is 2. The first-order chi connectivity index (χ1) is 14.9. The Morgan fingerprint density at radius 2 is 1.81 bits per heavy atom. The first-order valence-electron chi connectivity index (χ1n) is 10.7. The molecular weight excluding hydrogens is 412 g/mol. The van der Waals surface area contributed by atoms with E-state index in [-0.39, 0.29) is 11.3 Å². The quantitative estimate of drug-likeness (QED) is 0.358. The Morgan fingerprint density at radius 1 is 1.13 bits per heavy atom. The number of thiophene rings is 1. The fourth-order valence-corrected chi connectivity index (χ4v) is 4.91. The molecule has 166 valence electrons. The number of aliphatic hydroxyl groups is 1. The van der Waals surface area contributed by atoms with Gasteiger partial charge in [0, 0.05) is 23.5 Å². The number of aryl methyl sites for hydroxylation is 1. The lowest BCUT2D eigenvalue weighted by Crippen LogP contribution is -2.37. The Morgan fingerprint density at radius 3 is 2.35 bits per heavy atom. The van der Waals surface area contributed by atoms with Crippen LogP contribution in [0.2, 0.25) is 0 Å². The van der Waals surface area contributed by atoms with Gasteiger partial charge in [-0.3, -0.25) is 9.59 Å². The summed E-state index contributed by atoms with van der Waals surface area (Å²) in [5.74, 6) is -0.657. The molecule has 6 nitrogen and oxygen atoms in total. The molecular formula is C24H30N2O4S. The zero-order chi connectivity index (χ0) is 22.5. The summed E-state index contributed by atoms with van der Waals surface area (Å²) in [6, 6.07) is 8.31. The third kappa shape index (κ3) is 4.67. The number of likely N-dealkylation sites (tertiary alicyclic amines) is 1. The molecule has 1 fully saturated rings. The average Bonchev–Trinajstić information content (AvgIpc) is 3.30. The Hall–Kier alpha value is -2.64. The van der Waals surface area contributed by atoms with Crippen LogP contribution in [0.3, 0.4) is 0 Å². The first-order valence-corrected chi connectivity index (χ1v) is 11.6. The maximum atomic E-state index is 13.1. The number of carbonyl (C=O) groups excluding carboxylic acids is 2. The molecule has 0 radical (unpaired) electrons. The third-order valence-corrected chi connectivity index (χ3v) is 6.75. The van der Waals surface area contributed by atoms with E-state index in [1.54, 1.807) is 29.2 Å². The van der Waals surface area contributed by atoms with Crippen LogP contribution in [-0.4, -0.2) is 59.4 Å². The zero-order valence-corrected chi connectivity index (χ0v) is 19.4. The predicted octanol–water partition coefficient (Wildman–Crippen LogP) is 4.22. The van der Waals surface area contributed by atoms with Crippen LogP contribution in [-0.2, 0) is 9.59 Å². The number of nitrogens with zero attached hydrogens (tertiary/aromatic N) is 2. The van der Waals surface area contributed by atoms with Crippen molar-refractivity contribution < 1.29 is 19.4 Å². The van der Waals surface area contributed by atoms with Crippen molar-refractivity contribution in [2.75, 3.05) is 32.8 Å². The van der Waals surface area contributed by atoms with E-state index < -0.39 is 17.7 Å². The van der Waals surface area contributed by atoms with Crippen LogP contribution in [0.5, 0.6) is 5.75 Å². The number of ketones is 1. The summed E-state index contributed by atoms with van der Waals surface area (Å²) in [6.07, 6.45) is 0. The molecule has 2 aromatic rings. The van der Waals surface area contributed by atoms with Gasteiger partial charge in [0.15, 0.2) is 0 Å². The highest BCUT2D eigenvalue weighted by Crippen LogP contribution is 2.42. The number of hydrogen-bond acceptors (Lipinski definition) is 6. The fourth-order valence-electron chi connectivity index (χ4n) is 3.87. The van der Waals surface area contributed by atoms with Gasteiger partial charge in [-0.25, -0.2) is 0 Å². The van der Waals surface area contributed by atoms with Gasteiger partial charge in [0.1, 0.15) is 11.5 Å². The standard InChI is InChI=1S/C24H30N2O4S/c1-5-25(6-2)13-14-26-20(23-16(4)12-15-31-23)19(22(28)24(26)29)21(27)17-8-10-18(11-9-17)30-7-3/h8-12,15,20,27H,5-7,13-14H2,1-4H3/b21-19-. The molecule has 1 aliphatic heterocycles. The molecule has 1 saturated heterocycles. The molecule has 1 aromatic heterocycles. The second-order valence-electron chi connectivity index (χ2n) is 7.44. The predicted molar refractivity (Wildman–Crippen MR) is 123 cm³/mol. The van der Waals surface area contributed by atoms with E-state index in [1.165, 1.54) is 11.3 Å². The van der Waals surface area contributed by atoms with E-state index in [0.717, 1.165) is 23.5 Å². The van der Waals surface area contributed by atoms with E-state index in [0.29, 0.717) is 31.0 Å². The van der Waals surface area contributed by atoms with Gasteiger partial charge >= 0.3 is 0 Å². The molecule has 0 spiro atoms. The highest BCUT2D eigenvalue weighted by Gasteiger charge is 2.46. The molecule has 1 N–H and O–H groups in total. The average molecular weight is 443 g/mol. The molecule has 1 atom stereocenters. The molecule has 0 aliphatic carbocycles. The van der Waals surface area contributed by atoms with Crippen LogP contribution >= 0.6 is 11.3 Å². The van der Waals surface area contributed by atoms with Crippen LogP contribution < -0.4 is 4.74 Å². The van der Waals surface area contributed by atoms with E-state index in [1.807, 2.05) is 25.3 Å². The summed E-state index contributed by atoms with van der Waals surface area (Å²) >= 11 is 1.50. The van der Waals surface area contributed by atoms with Crippen molar-refractivity contribution in [2.45, 2.75) is 33.7 Å². The molecule has 1 unspecified atom stereocenters. The van der Waals surface area contributed by atoms with Crippen LogP contribution in [0.1, 0.15) is 42.8 Å². The molecule has 31 heavy (non-hydrogen) atoms. The van der Waals surface area contributed by atoms with Gasteiger partial charge < -0.3 is 19.6 Å². The maximum Gasteiger partial charge on any atom is 0.295 e. The number of Topliss-reactive ketones (excluding diaryl/α,β-unsaturated/α-hetero) is 1. The second kappa shape index (κ2) is 10.1. The number of hydrogen-bond donors (Lipinski definition) is 1. The number of ether oxygens (including phenoxy) is 1. The molecule has 1 aliphatic rings. The van der Waals surface area contributed by atoms with Crippen molar-refractivity contribution in [3.63, 3.8) is 0 Å². The molecule has 1 amide bonds. The Balaban J connectivity index is 2.04. The van der Waals surface area contributed by atoms with Crippen LogP contribution in [0, 0.1) is 6.92 Å². The Labute approximate surface area is 187 Å². The number of likely N-dealkylation sites (N-methyl/N-ethyl adjacent to an activating group) is 1. The smallest absolute Gasteiger partial charge is 0.295 e. The van der Waals surface area contributed by atoms with Crippen molar-refractivity contribution in [1.29, 1.82) is 0 Å². The van der Waals surface area contributed by atoms with Gasteiger partial charge in [0.05, 0.1) is 18.2 Å². The minimum atomic E-state index is -0.635. The van der Waals surface area contributed by atoms with Gasteiger partial charge in [-0.05, 0) is 68.2 Å². The maximum absolute atomic E-state index is 13.1.